The maximum atomic E-state index is 5.43. The molecule has 5 nitrogen and oxygen atoms in total. The van der Waals surface area contributed by atoms with E-state index in [1.807, 2.05) is 25.3 Å². The van der Waals surface area contributed by atoms with Crippen molar-refractivity contribution in [2.24, 2.45) is 0 Å². The molecule has 1 N–H and O–H groups in total. The zero-order chi connectivity index (χ0) is 14.5. The molecule has 108 valence electrons. The van der Waals surface area contributed by atoms with Crippen molar-refractivity contribution in [1.82, 2.24) is 4.98 Å². The number of nitrogens with one attached hydrogen (secondary N) is 1. The van der Waals surface area contributed by atoms with Gasteiger partial charge in [0.2, 0.25) is 0 Å². The van der Waals surface area contributed by atoms with Crippen LogP contribution in [0.5, 0.6) is 17.2 Å². The highest BCUT2D eigenvalue weighted by atomic mass is 32.1. The third-order valence-corrected chi connectivity index (χ3v) is 3.79. The number of methoxy groups -OCH3 is 3. The number of hydrogen-bond acceptors (Lipinski definition) is 6. The molecule has 2 rings (SSSR count). The average Bonchev–Trinajstić information content (AvgIpc) is 2.94. The van der Waals surface area contributed by atoms with Crippen molar-refractivity contribution in [2.45, 2.75) is 6.92 Å². The van der Waals surface area contributed by atoms with Gasteiger partial charge in [-0.25, -0.2) is 4.98 Å². The van der Waals surface area contributed by atoms with E-state index in [-0.39, 0.29) is 0 Å². The van der Waals surface area contributed by atoms with Gasteiger partial charge in [0.25, 0.3) is 0 Å². The van der Waals surface area contributed by atoms with Crippen LogP contribution < -0.4 is 19.5 Å². The molecule has 0 bridgehead atoms. The fraction of sp³-hybridized carbons (Fsp3) is 0.357. The van der Waals surface area contributed by atoms with E-state index in [1.54, 1.807) is 32.7 Å². The summed E-state index contributed by atoms with van der Waals surface area (Å²) in [7, 11) is 4.86. The highest BCUT2D eigenvalue weighted by Crippen LogP contribution is 2.42. The predicted molar refractivity (Wildman–Crippen MR) is 81.4 cm³/mol. The van der Waals surface area contributed by atoms with Gasteiger partial charge in [0.15, 0.2) is 16.6 Å². The lowest BCUT2D eigenvalue weighted by Gasteiger charge is -2.12. The van der Waals surface area contributed by atoms with E-state index < -0.39 is 0 Å². The molecule has 1 aromatic heterocycles. The van der Waals surface area contributed by atoms with Crippen LogP contribution in [-0.2, 0) is 0 Å². The molecule has 1 aromatic carbocycles. The molecule has 20 heavy (non-hydrogen) atoms. The molecule has 0 atom stereocenters. The van der Waals surface area contributed by atoms with Crippen molar-refractivity contribution in [3.8, 4) is 27.7 Å². The van der Waals surface area contributed by atoms with Crippen molar-refractivity contribution in [2.75, 3.05) is 33.2 Å². The summed E-state index contributed by atoms with van der Waals surface area (Å²) in [6.45, 7) is 2.88. The Bertz CT molecular complexity index is 584. The maximum Gasteiger partial charge on any atom is 0.183 e. The number of hydrogen-bond donors (Lipinski definition) is 1. The molecule has 2 aromatic rings. The van der Waals surface area contributed by atoms with Crippen LogP contribution in [0.15, 0.2) is 18.3 Å². The molecular formula is C14H18N2O3S. The lowest BCUT2D eigenvalue weighted by molar-refractivity contribution is 0.349. The predicted octanol–water partition coefficient (Wildman–Crippen LogP) is 3.27. The Morgan fingerprint density at radius 3 is 2.30 bits per heavy atom. The first-order valence-corrected chi connectivity index (χ1v) is 7.05. The van der Waals surface area contributed by atoms with Crippen LogP contribution in [0, 0.1) is 0 Å². The van der Waals surface area contributed by atoms with Crippen LogP contribution in [-0.4, -0.2) is 32.9 Å². The topological polar surface area (TPSA) is 52.6 Å². The standard InChI is InChI=1S/C14H18N2O3S/c1-5-15-14-16-8-13(20-14)9-6-11(18-3)12(19-4)7-10(9)17-2/h6-8H,5H2,1-4H3,(H,15,16). The lowest BCUT2D eigenvalue weighted by atomic mass is 10.1. The summed E-state index contributed by atoms with van der Waals surface area (Å²) in [6, 6.07) is 3.72. The summed E-state index contributed by atoms with van der Waals surface area (Å²) >= 11 is 1.57. The molecule has 0 saturated heterocycles. The van der Waals surface area contributed by atoms with E-state index in [0.717, 1.165) is 27.9 Å². The molecule has 6 heteroatoms. The fourth-order valence-corrected chi connectivity index (χ4v) is 2.76. The lowest BCUT2D eigenvalue weighted by Crippen LogP contribution is -1.94. The molecule has 0 unspecified atom stereocenters. The largest absolute Gasteiger partial charge is 0.496 e. The van der Waals surface area contributed by atoms with E-state index in [1.165, 1.54) is 0 Å². The summed E-state index contributed by atoms with van der Waals surface area (Å²) in [5.74, 6) is 2.04. The summed E-state index contributed by atoms with van der Waals surface area (Å²) in [4.78, 5) is 5.35. The Kier molecular flexibility index (Phi) is 4.68. The minimum Gasteiger partial charge on any atom is -0.496 e. The van der Waals surface area contributed by atoms with Crippen LogP contribution in [0.2, 0.25) is 0 Å². The van der Waals surface area contributed by atoms with Crippen LogP contribution >= 0.6 is 11.3 Å². The van der Waals surface area contributed by atoms with Crippen LogP contribution in [0.3, 0.4) is 0 Å². The number of thiazole rings is 1. The summed E-state index contributed by atoms with van der Waals surface area (Å²) in [5.41, 5.74) is 0.937. The van der Waals surface area contributed by atoms with E-state index in [9.17, 15) is 0 Å². The van der Waals surface area contributed by atoms with Gasteiger partial charge in [-0.3, -0.25) is 0 Å². The van der Waals surface area contributed by atoms with Crippen molar-refractivity contribution in [3.05, 3.63) is 18.3 Å². The average molecular weight is 294 g/mol. The molecule has 0 spiro atoms. The second-order valence-corrected chi connectivity index (χ2v) is 5.00. The molecule has 0 amide bonds. The van der Waals surface area contributed by atoms with Gasteiger partial charge in [-0.1, -0.05) is 11.3 Å². The first-order chi connectivity index (χ1) is 9.73. The van der Waals surface area contributed by atoms with Gasteiger partial charge in [0.1, 0.15) is 5.75 Å². The second-order valence-electron chi connectivity index (χ2n) is 3.97. The summed E-state index contributed by atoms with van der Waals surface area (Å²) in [6.07, 6.45) is 1.83. The van der Waals surface area contributed by atoms with E-state index in [4.69, 9.17) is 14.2 Å². The minimum absolute atomic E-state index is 0.643. The SMILES string of the molecule is CCNc1ncc(-c2cc(OC)c(OC)cc2OC)s1. The molecule has 1 heterocycles. The van der Waals surface area contributed by atoms with Gasteiger partial charge >= 0.3 is 0 Å². The number of rotatable bonds is 6. The number of aromatic nitrogens is 1. The second kappa shape index (κ2) is 6.47. The van der Waals surface area contributed by atoms with Gasteiger partial charge in [-0.15, -0.1) is 0 Å². The molecule has 0 saturated carbocycles. The first kappa shape index (κ1) is 14.5. The molecule has 0 aliphatic rings. The smallest absolute Gasteiger partial charge is 0.183 e. The highest BCUT2D eigenvalue weighted by Gasteiger charge is 2.15. The Hall–Kier alpha value is -1.95. The van der Waals surface area contributed by atoms with Gasteiger partial charge in [-0.05, 0) is 13.0 Å². The molecule has 0 fully saturated rings. The molecule has 0 aliphatic carbocycles. The van der Waals surface area contributed by atoms with Crippen LogP contribution in [0.4, 0.5) is 5.13 Å². The maximum absolute atomic E-state index is 5.43. The number of benzene rings is 1. The third kappa shape index (κ3) is 2.80. The number of nitrogens with zero attached hydrogens (tertiary/aromatic N) is 1. The van der Waals surface area contributed by atoms with Crippen molar-refractivity contribution in [3.63, 3.8) is 0 Å². The van der Waals surface area contributed by atoms with Gasteiger partial charge < -0.3 is 19.5 Å². The Morgan fingerprint density at radius 2 is 1.70 bits per heavy atom. The summed E-state index contributed by atoms with van der Waals surface area (Å²) in [5, 5.41) is 4.09. The van der Waals surface area contributed by atoms with Crippen molar-refractivity contribution < 1.29 is 14.2 Å². The van der Waals surface area contributed by atoms with Crippen molar-refractivity contribution >= 4 is 16.5 Å². The van der Waals surface area contributed by atoms with Gasteiger partial charge in [0.05, 0.1) is 26.2 Å². The fourth-order valence-electron chi connectivity index (χ4n) is 1.85. The number of ether oxygens (including phenoxy) is 3. The highest BCUT2D eigenvalue weighted by molar-refractivity contribution is 7.18. The molecule has 0 aliphatic heterocycles. The van der Waals surface area contributed by atoms with E-state index >= 15 is 0 Å². The van der Waals surface area contributed by atoms with Crippen molar-refractivity contribution in [1.29, 1.82) is 0 Å². The molecular weight excluding hydrogens is 276 g/mol. The third-order valence-electron chi connectivity index (χ3n) is 2.80. The minimum atomic E-state index is 0.643. The summed E-state index contributed by atoms with van der Waals surface area (Å²) < 4.78 is 16.1. The van der Waals surface area contributed by atoms with E-state index in [0.29, 0.717) is 11.5 Å². The van der Waals surface area contributed by atoms with Crippen LogP contribution in [0.1, 0.15) is 6.92 Å². The zero-order valence-corrected chi connectivity index (χ0v) is 12.8. The van der Waals surface area contributed by atoms with E-state index in [2.05, 4.69) is 10.3 Å². The first-order valence-electron chi connectivity index (χ1n) is 6.23. The monoisotopic (exact) mass is 294 g/mol. The van der Waals surface area contributed by atoms with Crippen LogP contribution in [0.25, 0.3) is 10.4 Å². The number of anilines is 1. The Balaban J connectivity index is 2.47. The Labute approximate surface area is 122 Å². The normalized spacial score (nSPS) is 10.2. The van der Waals surface area contributed by atoms with Gasteiger partial charge in [0, 0.05) is 24.4 Å². The molecule has 0 radical (unpaired) electrons. The zero-order valence-electron chi connectivity index (χ0n) is 12.0. The Morgan fingerprint density at radius 1 is 1.05 bits per heavy atom. The quantitative estimate of drug-likeness (QED) is 0.886. The van der Waals surface area contributed by atoms with Gasteiger partial charge in [-0.2, -0.15) is 0 Å².